The van der Waals surface area contributed by atoms with Gasteiger partial charge in [0.25, 0.3) is 0 Å². The molecule has 0 aromatic heterocycles. The second kappa shape index (κ2) is 8.44. The zero-order valence-electron chi connectivity index (χ0n) is 10.7. The van der Waals surface area contributed by atoms with Gasteiger partial charge in [-0.25, -0.2) is 0 Å². The number of ether oxygens (including phenoxy) is 3. The standard InChI is InChI=1S/C12H23NO4/c1-3-17-12(14)11(13-2)5-7-16-9-10-4-6-15-8-10/h10-11,13H,3-9H2,1-2H3. The molecule has 0 saturated carbocycles. The van der Waals surface area contributed by atoms with E-state index in [2.05, 4.69) is 5.32 Å². The zero-order chi connectivity index (χ0) is 12.5. The van der Waals surface area contributed by atoms with Crippen LogP contribution in [0.4, 0.5) is 0 Å². The maximum absolute atomic E-state index is 11.5. The van der Waals surface area contributed by atoms with Gasteiger partial charge < -0.3 is 19.5 Å². The number of rotatable bonds is 8. The summed E-state index contributed by atoms with van der Waals surface area (Å²) in [5.74, 6) is 0.313. The second-order valence-corrected chi connectivity index (χ2v) is 4.19. The SMILES string of the molecule is CCOC(=O)C(CCOCC1CCOC1)NC. The molecule has 5 heteroatoms. The number of carbonyl (C=O) groups is 1. The highest BCUT2D eigenvalue weighted by atomic mass is 16.5. The van der Waals surface area contributed by atoms with Gasteiger partial charge in [-0.1, -0.05) is 0 Å². The van der Waals surface area contributed by atoms with E-state index >= 15 is 0 Å². The first-order valence-corrected chi connectivity index (χ1v) is 6.27. The molecule has 1 aliphatic heterocycles. The fraction of sp³-hybridized carbons (Fsp3) is 0.917. The van der Waals surface area contributed by atoms with Crippen molar-refractivity contribution in [1.82, 2.24) is 5.32 Å². The van der Waals surface area contributed by atoms with Crippen LogP contribution in [0.5, 0.6) is 0 Å². The molecule has 1 aliphatic rings. The third kappa shape index (κ3) is 5.48. The van der Waals surface area contributed by atoms with Crippen LogP contribution in [-0.2, 0) is 19.0 Å². The first-order valence-electron chi connectivity index (χ1n) is 6.27. The number of nitrogens with one attached hydrogen (secondary N) is 1. The molecule has 2 atom stereocenters. The summed E-state index contributed by atoms with van der Waals surface area (Å²) in [7, 11) is 1.76. The Balaban J connectivity index is 2.08. The van der Waals surface area contributed by atoms with Gasteiger partial charge in [-0.2, -0.15) is 0 Å². The summed E-state index contributed by atoms with van der Waals surface area (Å²) in [5.41, 5.74) is 0. The monoisotopic (exact) mass is 245 g/mol. The van der Waals surface area contributed by atoms with Crippen molar-refractivity contribution in [1.29, 1.82) is 0 Å². The second-order valence-electron chi connectivity index (χ2n) is 4.19. The molecule has 1 heterocycles. The fourth-order valence-corrected chi connectivity index (χ4v) is 1.79. The van der Waals surface area contributed by atoms with E-state index < -0.39 is 0 Å². The van der Waals surface area contributed by atoms with Crippen LogP contribution in [0.3, 0.4) is 0 Å². The summed E-state index contributed by atoms with van der Waals surface area (Å²) >= 11 is 0. The maximum Gasteiger partial charge on any atom is 0.323 e. The van der Waals surface area contributed by atoms with Gasteiger partial charge in [-0.15, -0.1) is 0 Å². The molecule has 1 saturated heterocycles. The zero-order valence-corrected chi connectivity index (χ0v) is 10.7. The highest BCUT2D eigenvalue weighted by molar-refractivity contribution is 5.75. The molecule has 0 spiro atoms. The third-order valence-electron chi connectivity index (χ3n) is 2.85. The highest BCUT2D eigenvalue weighted by Gasteiger charge is 2.18. The van der Waals surface area contributed by atoms with Crippen molar-refractivity contribution in [3.63, 3.8) is 0 Å². The molecule has 1 N–H and O–H groups in total. The predicted octanol–water partition coefficient (Wildman–Crippen LogP) is 0.581. The van der Waals surface area contributed by atoms with Crippen molar-refractivity contribution < 1.29 is 19.0 Å². The largest absolute Gasteiger partial charge is 0.465 e. The van der Waals surface area contributed by atoms with Gasteiger partial charge >= 0.3 is 5.97 Å². The molecular weight excluding hydrogens is 222 g/mol. The summed E-state index contributed by atoms with van der Waals surface area (Å²) < 4.78 is 15.8. The first kappa shape index (κ1) is 14.4. The molecule has 0 aliphatic carbocycles. The molecule has 5 nitrogen and oxygen atoms in total. The van der Waals surface area contributed by atoms with E-state index in [4.69, 9.17) is 14.2 Å². The van der Waals surface area contributed by atoms with E-state index in [9.17, 15) is 4.79 Å². The van der Waals surface area contributed by atoms with Crippen LogP contribution < -0.4 is 5.32 Å². The summed E-state index contributed by atoms with van der Waals surface area (Å²) in [5, 5.41) is 2.94. The van der Waals surface area contributed by atoms with Gasteiger partial charge in [0.15, 0.2) is 0 Å². The summed E-state index contributed by atoms with van der Waals surface area (Å²) in [6.45, 7) is 5.15. The predicted molar refractivity (Wildman–Crippen MR) is 63.8 cm³/mol. The molecule has 0 aromatic carbocycles. The molecular formula is C12H23NO4. The van der Waals surface area contributed by atoms with Crippen LogP contribution in [-0.4, -0.2) is 52.1 Å². The Morgan fingerprint density at radius 3 is 3.00 bits per heavy atom. The fourth-order valence-electron chi connectivity index (χ4n) is 1.79. The summed E-state index contributed by atoms with van der Waals surface area (Å²) in [6, 6.07) is -0.269. The average molecular weight is 245 g/mol. The van der Waals surface area contributed by atoms with Gasteiger partial charge in [0.2, 0.25) is 0 Å². The Hall–Kier alpha value is -0.650. The van der Waals surface area contributed by atoms with Crippen LogP contribution in [0.2, 0.25) is 0 Å². The van der Waals surface area contributed by atoms with Crippen LogP contribution >= 0.6 is 0 Å². The van der Waals surface area contributed by atoms with E-state index in [1.807, 2.05) is 0 Å². The van der Waals surface area contributed by atoms with Crippen molar-refractivity contribution in [3.8, 4) is 0 Å². The van der Waals surface area contributed by atoms with E-state index in [0.29, 0.717) is 25.6 Å². The Kier molecular flexibility index (Phi) is 7.16. The molecule has 17 heavy (non-hydrogen) atoms. The van der Waals surface area contributed by atoms with Crippen molar-refractivity contribution >= 4 is 5.97 Å². The van der Waals surface area contributed by atoms with E-state index in [1.165, 1.54) is 0 Å². The number of likely N-dealkylation sites (N-methyl/N-ethyl adjacent to an activating group) is 1. The lowest BCUT2D eigenvalue weighted by Crippen LogP contribution is -2.36. The number of carbonyl (C=O) groups excluding carboxylic acids is 1. The number of hydrogen-bond acceptors (Lipinski definition) is 5. The van der Waals surface area contributed by atoms with Crippen LogP contribution in [0, 0.1) is 5.92 Å². The lowest BCUT2D eigenvalue weighted by Gasteiger charge is -2.15. The normalized spacial score (nSPS) is 21.4. The molecule has 0 aromatic rings. The lowest BCUT2D eigenvalue weighted by atomic mass is 10.1. The molecule has 0 amide bonds. The minimum absolute atomic E-state index is 0.206. The smallest absolute Gasteiger partial charge is 0.323 e. The minimum Gasteiger partial charge on any atom is -0.465 e. The molecule has 1 rings (SSSR count). The van der Waals surface area contributed by atoms with Crippen LogP contribution in [0.1, 0.15) is 19.8 Å². The quantitative estimate of drug-likeness (QED) is 0.501. The molecule has 0 radical (unpaired) electrons. The number of esters is 1. The highest BCUT2D eigenvalue weighted by Crippen LogP contribution is 2.12. The van der Waals surface area contributed by atoms with Gasteiger partial charge in [0, 0.05) is 19.1 Å². The first-order chi connectivity index (χ1) is 8.27. The Bertz CT molecular complexity index is 217. The van der Waals surface area contributed by atoms with Crippen molar-refractivity contribution in [3.05, 3.63) is 0 Å². The maximum atomic E-state index is 11.5. The molecule has 2 unspecified atom stereocenters. The van der Waals surface area contributed by atoms with Crippen LogP contribution in [0.25, 0.3) is 0 Å². The summed E-state index contributed by atoms with van der Waals surface area (Å²) in [6.07, 6.45) is 1.72. The van der Waals surface area contributed by atoms with Gasteiger partial charge in [-0.3, -0.25) is 4.79 Å². The van der Waals surface area contributed by atoms with Gasteiger partial charge in [0.1, 0.15) is 6.04 Å². The Morgan fingerprint density at radius 1 is 1.59 bits per heavy atom. The average Bonchev–Trinajstić information content (AvgIpc) is 2.82. The third-order valence-corrected chi connectivity index (χ3v) is 2.85. The Morgan fingerprint density at radius 2 is 2.41 bits per heavy atom. The van der Waals surface area contributed by atoms with E-state index in [0.717, 1.165) is 26.2 Å². The van der Waals surface area contributed by atoms with Gasteiger partial charge in [-0.05, 0) is 26.8 Å². The van der Waals surface area contributed by atoms with E-state index in [1.54, 1.807) is 14.0 Å². The Labute approximate surface area is 103 Å². The molecule has 1 fully saturated rings. The lowest BCUT2D eigenvalue weighted by molar-refractivity contribution is -0.146. The topological polar surface area (TPSA) is 56.8 Å². The number of hydrogen-bond donors (Lipinski definition) is 1. The van der Waals surface area contributed by atoms with Crippen LogP contribution in [0.15, 0.2) is 0 Å². The summed E-state index contributed by atoms with van der Waals surface area (Å²) in [4.78, 5) is 11.5. The van der Waals surface area contributed by atoms with Crippen molar-refractivity contribution in [2.24, 2.45) is 5.92 Å². The minimum atomic E-state index is -0.269. The molecule has 100 valence electrons. The van der Waals surface area contributed by atoms with Crippen molar-refractivity contribution in [2.75, 3.05) is 40.1 Å². The molecule has 0 bridgehead atoms. The van der Waals surface area contributed by atoms with Gasteiger partial charge in [0.05, 0.1) is 19.8 Å². The van der Waals surface area contributed by atoms with E-state index in [-0.39, 0.29) is 12.0 Å². The van der Waals surface area contributed by atoms with Crippen molar-refractivity contribution in [2.45, 2.75) is 25.8 Å².